The van der Waals surface area contributed by atoms with Gasteiger partial charge >= 0.3 is 0 Å². The molecule has 0 aliphatic heterocycles. The summed E-state index contributed by atoms with van der Waals surface area (Å²) in [6.07, 6.45) is 2.31. The second-order valence-electron chi connectivity index (χ2n) is 9.52. The highest BCUT2D eigenvalue weighted by atomic mass is 14.3. The van der Waals surface area contributed by atoms with E-state index in [1.54, 1.807) is 0 Å². The van der Waals surface area contributed by atoms with E-state index in [0.717, 1.165) is 0 Å². The third kappa shape index (κ3) is 3.32. The standard InChI is InChI=1S/C25H31/c1-16-12-18-10-9-11-22(23(18)17(16)2)19-13-20(24(3,4)5)15-21(14-19)25(6,7)8/h9-15H,1-8H3. The van der Waals surface area contributed by atoms with Crippen LogP contribution in [-0.2, 0) is 10.8 Å². The number of hydrogen-bond donors (Lipinski definition) is 0. The van der Waals surface area contributed by atoms with Crippen LogP contribution in [0.3, 0.4) is 0 Å². The molecule has 0 nitrogen and oxygen atoms in total. The average Bonchev–Trinajstić information content (AvgIpc) is 2.80. The van der Waals surface area contributed by atoms with Gasteiger partial charge in [0, 0.05) is 6.42 Å². The van der Waals surface area contributed by atoms with Crippen molar-refractivity contribution in [2.24, 2.45) is 0 Å². The molecule has 0 atom stereocenters. The van der Waals surface area contributed by atoms with E-state index in [-0.39, 0.29) is 10.8 Å². The van der Waals surface area contributed by atoms with Crippen molar-refractivity contribution in [1.82, 2.24) is 0 Å². The monoisotopic (exact) mass is 331 g/mol. The minimum Gasteiger partial charge on any atom is -0.0613 e. The zero-order chi connectivity index (χ0) is 18.6. The zero-order valence-corrected chi connectivity index (χ0v) is 17.0. The normalized spacial score (nSPS) is 14.9. The van der Waals surface area contributed by atoms with Crippen LogP contribution in [0.5, 0.6) is 0 Å². The summed E-state index contributed by atoms with van der Waals surface area (Å²) < 4.78 is 0. The number of fused-ring (bicyclic) bond motifs is 1. The van der Waals surface area contributed by atoms with Crippen LogP contribution in [0.25, 0.3) is 16.7 Å². The summed E-state index contributed by atoms with van der Waals surface area (Å²) in [7, 11) is 0. The Morgan fingerprint density at radius 3 is 1.80 bits per heavy atom. The van der Waals surface area contributed by atoms with E-state index < -0.39 is 0 Å². The molecule has 0 spiro atoms. The summed E-state index contributed by atoms with van der Waals surface area (Å²) in [5, 5.41) is 0. The fraction of sp³-hybridized carbons (Fsp3) is 0.400. The number of rotatable bonds is 1. The Morgan fingerprint density at radius 2 is 1.28 bits per heavy atom. The van der Waals surface area contributed by atoms with Crippen molar-refractivity contribution in [3.63, 3.8) is 0 Å². The second kappa shape index (κ2) is 5.87. The lowest BCUT2D eigenvalue weighted by Crippen LogP contribution is -2.16. The lowest BCUT2D eigenvalue weighted by Gasteiger charge is -2.27. The largest absolute Gasteiger partial charge is 0.0613 e. The lowest BCUT2D eigenvalue weighted by atomic mass is 9.78. The van der Waals surface area contributed by atoms with Crippen LogP contribution in [-0.4, -0.2) is 0 Å². The van der Waals surface area contributed by atoms with Crippen molar-refractivity contribution < 1.29 is 0 Å². The van der Waals surface area contributed by atoms with Crippen LogP contribution in [0.2, 0.25) is 0 Å². The maximum Gasteiger partial charge on any atom is 0.0164 e. The van der Waals surface area contributed by atoms with E-state index in [1.807, 2.05) is 0 Å². The fourth-order valence-electron chi connectivity index (χ4n) is 3.54. The molecular formula is C25H31. The average molecular weight is 332 g/mol. The smallest absolute Gasteiger partial charge is 0.0164 e. The summed E-state index contributed by atoms with van der Waals surface area (Å²) in [6.45, 7) is 18.3. The quantitative estimate of drug-likeness (QED) is 0.514. The molecule has 3 rings (SSSR count). The third-order valence-corrected chi connectivity index (χ3v) is 5.41. The highest BCUT2D eigenvalue weighted by molar-refractivity contribution is 5.89. The molecule has 1 aliphatic rings. The molecular weight excluding hydrogens is 300 g/mol. The molecule has 1 aliphatic carbocycles. The molecule has 0 bridgehead atoms. The first-order valence-corrected chi connectivity index (χ1v) is 9.30. The van der Waals surface area contributed by atoms with Crippen molar-refractivity contribution in [3.8, 4) is 11.1 Å². The predicted molar refractivity (Wildman–Crippen MR) is 111 cm³/mol. The predicted octanol–water partition coefficient (Wildman–Crippen LogP) is 7.31. The van der Waals surface area contributed by atoms with Crippen LogP contribution < -0.4 is 0 Å². The summed E-state index contributed by atoms with van der Waals surface area (Å²) in [4.78, 5) is 0. The topological polar surface area (TPSA) is 0 Å². The Morgan fingerprint density at radius 1 is 0.720 bits per heavy atom. The Hall–Kier alpha value is -1.82. The number of allylic oxidation sites excluding steroid dienone is 2. The molecule has 131 valence electrons. The first-order chi connectivity index (χ1) is 11.5. The molecule has 0 unspecified atom stereocenters. The van der Waals surface area contributed by atoms with Crippen molar-refractivity contribution in [1.29, 1.82) is 0 Å². The molecule has 0 amide bonds. The van der Waals surface area contributed by atoms with Gasteiger partial charge in [0.05, 0.1) is 0 Å². The van der Waals surface area contributed by atoms with E-state index in [2.05, 4.69) is 98.2 Å². The van der Waals surface area contributed by atoms with Crippen molar-refractivity contribution in [2.75, 3.05) is 0 Å². The van der Waals surface area contributed by atoms with Gasteiger partial charge in [-0.2, -0.15) is 0 Å². The Labute approximate surface area is 154 Å². The van der Waals surface area contributed by atoms with Gasteiger partial charge in [-0.05, 0) is 63.6 Å². The second-order valence-corrected chi connectivity index (χ2v) is 9.52. The van der Waals surface area contributed by atoms with E-state index in [1.165, 1.54) is 44.5 Å². The molecule has 25 heavy (non-hydrogen) atoms. The van der Waals surface area contributed by atoms with Crippen molar-refractivity contribution in [3.05, 3.63) is 70.6 Å². The van der Waals surface area contributed by atoms with Gasteiger partial charge in [0.2, 0.25) is 0 Å². The molecule has 0 N–H and O–H groups in total. The third-order valence-electron chi connectivity index (χ3n) is 5.41. The Balaban J connectivity index is 2.28. The zero-order valence-electron chi connectivity index (χ0n) is 17.0. The van der Waals surface area contributed by atoms with E-state index >= 15 is 0 Å². The fourth-order valence-corrected chi connectivity index (χ4v) is 3.54. The van der Waals surface area contributed by atoms with E-state index in [4.69, 9.17) is 0 Å². The van der Waals surface area contributed by atoms with E-state index in [9.17, 15) is 0 Å². The summed E-state index contributed by atoms with van der Waals surface area (Å²) >= 11 is 0. The Kier molecular flexibility index (Phi) is 4.22. The number of benzene rings is 2. The SMILES string of the molecule is CC1=C(C)c2c(cccc2-c2cc(C(C)(C)C)cc(C(C)(C)C)c2)[CH]1. The van der Waals surface area contributed by atoms with Gasteiger partial charge in [-0.1, -0.05) is 83.5 Å². The molecule has 2 aromatic rings. The van der Waals surface area contributed by atoms with E-state index in [0.29, 0.717) is 0 Å². The van der Waals surface area contributed by atoms with Crippen LogP contribution in [0.1, 0.15) is 77.6 Å². The minimum absolute atomic E-state index is 0.140. The molecule has 0 aromatic heterocycles. The van der Waals surface area contributed by atoms with Gasteiger partial charge in [0.15, 0.2) is 0 Å². The molecule has 0 saturated carbocycles. The molecule has 0 heteroatoms. The summed E-state index contributed by atoms with van der Waals surface area (Å²) in [5.41, 5.74) is 11.4. The lowest BCUT2D eigenvalue weighted by molar-refractivity contribution is 0.569. The van der Waals surface area contributed by atoms with Gasteiger partial charge in [-0.25, -0.2) is 0 Å². The molecule has 0 fully saturated rings. The molecule has 2 aromatic carbocycles. The molecule has 0 saturated heterocycles. The van der Waals surface area contributed by atoms with Gasteiger partial charge in [-0.3, -0.25) is 0 Å². The maximum atomic E-state index is 2.40. The van der Waals surface area contributed by atoms with Gasteiger partial charge in [0.1, 0.15) is 0 Å². The number of hydrogen-bond acceptors (Lipinski definition) is 0. The van der Waals surface area contributed by atoms with Crippen molar-refractivity contribution >= 4 is 5.57 Å². The molecule has 1 radical (unpaired) electrons. The van der Waals surface area contributed by atoms with Crippen LogP contribution in [0.4, 0.5) is 0 Å². The van der Waals surface area contributed by atoms with Gasteiger partial charge in [-0.15, -0.1) is 0 Å². The van der Waals surface area contributed by atoms with Crippen LogP contribution in [0.15, 0.2) is 42.0 Å². The minimum atomic E-state index is 0.140. The van der Waals surface area contributed by atoms with Crippen molar-refractivity contribution in [2.45, 2.75) is 66.2 Å². The van der Waals surface area contributed by atoms with Crippen LogP contribution in [0, 0.1) is 6.42 Å². The first-order valence-electron chi connectivity index (χ1n) is 9.30. The first kappa shape index (κ1) is 18.0. The molecule has 0 heterocycles. The Bertz CT molecular complexity index is 816. The van der Waals surface area contributed by atoms with Gasteiger partial charge < -0.3 is 0 Å². The highest BCUT2D eigenvalue weighted by Gasteiger charge is 2.24. The highest BCUT2D eigenvalue weighted by Crippen LogP contribution is 2.42. The van der Waals surface area contributed by atoms with Gasteiger partial charge in [0.25, 0.3) is 0 Å². The summed E-state index contributed by atoms with van der Waals surface area (Å²) in [6, 6.07) is 13.9. The van der Waals surface area contributed by atoms with Crippen LogP contribution >= 0.6 is 0 Å². The maximum absolute atomic E-state index is 2.40. The summed E-state index contributed by atoms with van der Waals surface area (Å²) in [5.74, 6) is 0.